The van der Waals surface area contributed by atoms with Crippen LogP contribution in [0.5, 0.6) is 0 Å². The van der Waals surface area contributed by atoms with E-state index in [9.17, 15) is 9.59 Å². The number of amides is 1. The second-order valence-electron chi connectivity index (χ2n) is 9.04. The molecule has 2 aromatic rings. The fourth-order valence-electron chi connectivity index (χ4n) is 4.79. The molecule has 5 heteroatoms. The van der Waals surface area contributed by atoms with Gasteiger partial charge in [-0.15, -0.1) is 0 Å². The number of aryl methyl sites for hydroxylation is 2. The average Bonchev–Trinajstić information content (AvgIpc) is 2.79. The number of Topliss-reactive ketones (excluding diaryl/α,β-unsaturated/α-hetero) is 1. The van der Waals surface area contributed by atoms with Crippen molar-refractivity contribution in [3.63, 3.8) is 0 Å². The molecule has 1 atom stereocenters. The van der Waals surface area contributed by atoms with Crippen LogP contribution >= 0.6 is 0 Å². The van der Waals surface area contributed by atoms with Crippen molar-refractivity contribution in [3.8, 4) is 0 Å². The molecule has 2 aromatic carbocycles. The van der Waals surface area contributed by atoms with E-state index in [2.05, 4.69) is 35.3 Å². The molecule has 0 unspecified atom stereocenters. The highest BCUT2D eigenvalue weighted by Crippen LogP contribution is 2.24. The van der Waals surface area contributed by atoms with Gasteiger partial charge in [0, 0.05) is 11.3 Å². The van der Waals surface area contributed by atoms with Gasteiger partial charge in [-0.25, -0.2) is 0 Å². The molecular formula is C26H34N3O2+. The van der Waals surface area contributed by atoms with Crippen molar-refractivity contribution in [2.24, 2.45) is 0 Å². The zero-order valence-electron chi connectivity index (χ0n) is 18.7. The van der Waals surface area contributed by atoms with E-state index < -0.39 is 0 Å². The molecule has 1 saturated heterocycles. The van der Waals surface area contributed by atoms with Crippen molar-refractivity contribution >= 4 is 17.4 Å². The van der Waals surface area contributed by atoms with Gasteiger partial charge in [-0.1, -0.05) is 18.2 Å². The van der Waals surface area contributed by atoms with Gasteiger partial charge in [0.2, 0.25) is 0 Å². The average molecular weight is 421 g/mol. The Morgan fingerprint density at radius 1 is 1.00 bits per heavy atom. The highest BCUT2D eigenvalue weighted by molar-refractivity contribution is 5.94. The van der Waals surface area contributed by atoms with Gasteiger partial charge in [-0.2, -0.15) is 0 Å². The van der Waals surface area contributed by atoms with Gasteiger partial charge in [-0.3, -0.25) is 9.59 Å². The fraction of sp³-hybridized carbons (Fsp3) is 0.462. The van der Waals surface area contributed by atoms with Crippen molar-refractivity contribution in [2.75, 3.05) is 37.6 Å². The minimum atomic E-state index is 0.0419. The van der Waals surface area contributed by atoms with Crippen molar-refractivity contribution in [1.82, 2.24) is 5.32 Å². The molecule has 0 bridgehead atoms. The van der Waals surface area contributed by atoms with Crippen LogP contribution in [-0.4, -0.2) is 44.4 Å². The van der Waals surface area contributed by atoms with Gasteiger partial charge in [0.15, 0.2) is 12.3 Å². The van der Waals surface area contributed by atoms with E-state index in [-0.39, 0.29) is 17.7 Å². The van der Waals surface area contributed by atoms with E-state index in [1.165, 1.54) is 40.9 Å². The van der Waals surface area contributed by atoms with Crippen LogP contribution in [0.2, 0.25) is 0 Å². The van der Waals surface area contributed by atoms with Crippen LogP contribution in [0.1, 0.15) is 59.8 Å². The smallest absolute Gasteiger partial charge is 0.275 e. The number of nitrogens with zero attached hydrogens (tertiary/aromatic N) is 1. The monoisotopic (exact) mass is 420 g/mol. The Morgan fingerprint density at radius 2 is 1.68 bits per heavy atom. The number of nitrogens with one attached hydrogen (secondary N) is 2. The molecule has 1 aliphatic heterocycles. The SMILES string of the molecule is CC(=O)c1ccc(N2CC[NH+](CC(=O)N[C@H](C)c3ccc4c(c3)CCCC4)CC2)cc1. The van der Waals surface area contributed by atoms with E-state index >= 15 is 0 Å². The summed E-state index contributed by atoms with van der Waals surface area (Å²) >= 11 is 0. The minimum absolute atomic E-state index is 0.0419. The summed E-state index contributed by atoms with van der Waals surface area (Å²) in [5.41, 5.74) is 6.05. The summed E-state index contributed by atoms with van der Waals surface area (Å²) in [5, 5.41) is 3.20. The van der Waals surface area contributed by atoms with Gasteiger partial charge in [0.25, 0.3) is 5.91 Å². The van der Waals surface area contributed by atoms with Crippen LogP contribution in [0.25, 0.3) is 0 Å². The van der Waals surface area contributed by atoms with Crippen molar-refractivity contribution in [1.29, 1.82) is 0 Å². The standard InChI is InChI=1S/C26H33N3O2/c1-19(23-8-7-22-5-3-4-6-24(22)17-23)27-26(31)18-28-13-15-29(16-14-28)25-11-9-21(10-12-25)20(2)30/h7-12,17,19H,3-6,13-16,18H2,1-2H3,(H,27,31)/p+1/t19-/m1/s1. The number of hydrogen-bond acceptors (Lipinski definition) is 3. The summed E-state index contributed by atoms with van der Waals surface area (Å²) in [6.45, 7) is 7.91. The molecule has 1 aliphatic carbocycles. The molecule has 0 spiro atoms. The van der Waals surface area contributed by atoms with Crippen molar-refractivity contribution in [2.45, 2.75) is 45.6 Å². The van der Waals surface area contributed by atoms with Gasteiger partial charge < -0.3 is 15.1 Å². The van der Waals surface area contributed by atoms with Crippen molar-refractivity contribution in [3.05, 3.63) is 64.7 Å². The first-order chi connectivity index (χ1) is 15.0. The summed E-state index contributed by atoms with van der Waals surface area (Å²) in [7, 11) is 0. The molecular weight excluding hydrogens is 386 g/mol. The first kappa shape index (κ1) is 21.6. The zero-order valence-corrected chi connectivity index (χ0v) is 18.7. The Bertz CT molecular complexity index is 930. The van der Waals surface area contributed by atoms with Crippen LogP contribution in [-0.2, 0) is 17.6 Å². The van der Waals surface area contributed by atoms with E-state index in [1.54, 1.807) is 6.92 Å². The number of hydrogen-bond donors (Lipinski definition) is 2. The predicted octanol–water partition coefficient (Wildman–Crippen LogP) is 2.35. The molecule has 0 aromatic heterocycles. The number of ketones is 1. The van der Waals surface area contributed by atoms with E-state index in [0.717, 1.165) is 43.9 Å². The van der Waals surface area contributed by atoms with Crippen LogP contribution < -0.4 is 15.1 Å². The maximum atomic E-state index is 12.7. The zero-order chi connectivity index (χ0) is 21.8. The topological polar surface area (TPSA) is 53.9 Å². The van der Waals surface area contributed by atoms with E-state index in [1.807, 2.05) is 24.3 Å². The van der Waals surface area contributed by atoms with Gasteiger partial charge in [-0.05, 0) is 80.5 Å². The van der Waals surface area contributed by atoms with Gasteiger partial charge >= 0.3 is 0 Å². The lowest BCUT2D eigenvalue weighted by Crippen LogP contribution is -3.15. The lowest BCUT2D eigenvalue weighted by atomic mass is 9.89. The molecule has 1 heterocycles. The van der Waals surface area contributed by atoms with Crippen LogP contribution in [0, 0.1) is 0 Å². The Hall–Kier alpha value is -2.66. The highest BCUT2D eigenvalue weighted by Gasteiger charge is 2.23. The molecule has 0 radical (unpaired) electrons. The normalized spacial score (nSPS) is 17.7. The predicted molar refractivity (Wildman–Crippen MR) is 124 cm³/mol. The maximum Gasteiger partial charge on any atom is 0.275 e. The van der Waals surface area contributed by atoms with E-state index in [0.29, 0.717) is 6.54 Å². The summed E-state index contributed by atoms with van der Waals surface area (Å²) < 4.78 is 0. The third-order valence-corrected chi connectivity index (χ3v) is 6.77. The molecule has 2 aliphatic rings. The molecule has 4 rings (SSSR count). The number of carbonyl (C=O) groups is 2. The number of anilines is 1. The Labute approximate surface area is 185 Å². The number of quaternary nitrogens is 1. The van der Waals surface area contributed by atoms with Crippen molar-refractivity contribution < 1.29 is 14.5 Å². The second kappa shape index (κ2) is 9.65. The summed E-state index contributed by atoms with van der Waals surface area (Å²) in [5.74, 6) is 0.218. The van der Waals surface area contributed by atoms with E-state index in [4.69, 9.17) is 0 Å². The lowest BCUT2D eigenvalue weighted by molar-refractivity contribution is -0.892. The first-order valence-corrected chi connectivity index (χ1v) is 11.6. The second-order valence-corrected chi connectivity index (χ2v) is 9.04. The fourth-order valence-corrected chi connectivity index (χ4v) is 4.79. The summed E-state index contributed by atoms with van der Waals surface area (Å²) in [4.78, 5) is 27.8. The quantitative estimate of drug-likeness (QED) is 0.706. The highest BCUT2D eigenvalue weighted by atomic mass is 16.2. The molecule has 0 saturated carbocycles. The molecule has 31 heavy (non-hydrogen) atoms. The Kier molecular flexibility index (Phi) is 6.71. The molecule has 1 amide bonds. The number of piperazine rings is 1. The number of fused-ring (bicyclic) bond motifs is 1. The lowest BCUT2D eigenvalue weighted by Gasteiger charge is -2.33. The third-order valence-electron chi connectivity index (χ3n) is 6.77. The molecule has 164 valence electrons. The number of rotatable bonds is 6. The molecule has 2 N–H and O–H groups in total. The van der Waals surface area contributed by atoms with Gasteiger partial charge in [0.05, 0.1) is 32.2 Å². The summed E-state index contributed by atoms with van der Waals surface area (Å²) in [6, 6.07) is 14.6. The third kappa shape index (κ3) is 5.34. The molecule has 5 nitrogen and oxygen atoms in total. The summed E-state index contributed by atoms with van der Waals surface area (Å²) in [6.07, 6.45) is 4.91. The number of benzene rings is 2. The Morgan fingerprint density at radius 3 is 2.35 bits per heavy atom. The molecule has 1 fully saturated rings. The van der Waals surface area contributed by atoms with Crippen LogP contribution in [0.3, 0.4) is 0 Å². The maximum absolute atomic E-state index is 12.7. The van der Waals surface area contributed by atoms with Crippen LogP contribution in [0.15, 0.2) is 42.5 Å². The van der Waals surface area contributed by atoms with Crippen LogP contribution in [0.4, 0.5) is 5.69 Å². The Balaban J connectivity index is 1.25. The number of carbonyl (C=O) groups excluding carboxylic acids is 2. The first-order valence-electron chi connectivity index (χ1n) is 11.6. The minimum Gasteiger partial charge on any atom is -0.360 e. The largest absolute Gasteiger partial charge is 0.360 e. The van der Waals surface area contributed by atoms with Gasteiger partial charge in [0.1, 0.15) is 0 Å².